The van der Waals surface area contributed by atoms with Crippen molar-refractivity contribution < 1.29 is 14.6 Å². The van der Waals surface area contributed by atoms with Gasteiger partial charge in [-0.2, -0.15) is 5.26 Å². The second-order valence-corrected chi connectivity index (χ2v) is 8.63. The van der Waals surface area contributed by atoms with Crippen LogP contribution in [0, 0.1) is 11.3 Å². The number of hydrogen-bond donors (Lipinski definition) is 2. The van der Waals surface area contributed by atoms with Crippen molar-refractivity contribution in [3.63, 3.8) is 0 Å². The number of ether oxygens (including phenoxy) is 1. The molecule has 3 aromatic rings. The third kappa shape index (κ3) is 8.20. The van der Waals surface area contributed by atoms with Crippen LogP contribution in [0.3, 0.4) is 0 Å². The van der Waals surface area contributed by atoms with Gasteiger partial charge in [0.1, 0.15) is 23.4 Å². The predicted octanol–water partition coefficient (Wildman–Crippen LogP) is 7.91. The molecule has 0 spiro atoms. The molecule has 1 heterocycles. The molecule has 2 N–H and O–H groups in total. The highest BCUT2D eigenvalue weighted by Crippen LogP contribution is 2.34. The third-order valence-electron chi connectivity index (χ3n) is 5.79. The van der Waals surface area contributed by atoms with E-state index in [1.807, 2.05) is 75.4 Å². The molecular weight excluding hydrogens is 510 g/mol. The smallest absolute Gasteiger partial charge is 0.325 e. The predicted molar refractivity (Wildman–Crippen MR) is 161 cm³/mol. The number of carboxylic acid groups (broad SMARTS) is 1. The summed E-state index contributed by atoms with van der Waals surface area (Å²) < 4.78 is 5.71. The van der Waals surface area contributed by atoms with Crippen LogP contribution < -0.4 is 10.1 Å². The van der Waals surface area contributed by atoms with E-state index in [0.29, 0.717) is 47.6 Å². The van der Waals surface area contributed by atoms with Gasteiger partial charge < -0.3 is 15.2 Å². The van der Waals surface area contributed by atoms with Crippen LogP contribution in [0.4, 0.5) is 5.69 Å². The molecule has 0 aliphatic heterocycles. The number of pyridine rings is 1. The van der Waals surface area contributed by atoms with E-state index in [4.69, 9.17) is 21.3 Å². The van der Waals surface area contributed by atoms with Gasteiger partial charge in [-0.3, -0.25) is 4.79 Å². The SMILES string of the molecule is C=C/C=C(\C/C=C\Cc1ccccc1OCC)c1nc2cc(CCl)ccc2c(NC(C)C(=O)O)c1C#N.CC. The number of benzene rings is 2. The zero-order chi connectivity index (χ0) is 28.8. The Morgan fingerprint density at radius 1 is 1.26 bits per heavy atom. The summed E-state index contributed by atoms with van der Waals surface area (Å²) in [6.45, 7) is 11.9. The maximum Gasteiger partial charge on any atom is 0.325 e. The fraction of sp³-hybridized carbons (Fsp3) is 0.281. The van der Waals surface area contributed by atoms with Crippen LogP contribution in [-0.4, -0.2) is 28.7 Å². The number of halogens is 1. The minimum Gasteiger partial charge on any atom is -0.494 e. The molecular formula is C32H36ClN3O3. The highest BCUT2D eigenvalue weighted by Gasteiger charge is 2.21. The Hall–Kier alpha value is -4.08. The van der Waals surface area contributed by atoms with Crippen LogP contribution in [0.1, 0.15) is 56.5 Å². The minimum absolute atomic E-state index is 0.280. The fourth-order valence-electron chi connectivity index (χ4n) is 3.94. The number of carbonyl (C=O) groups is 1. The largest absolute Gasteiger partial charge is 0.494 e. The number of alkyl halides is 1. The summed E-state index contributed by atoms with van der Waals surface area (Å²) in [4.78, 5) is 16.4. The molecule has 2 aromatic carbocycles. The van der Waals surface area contributed by atoms with Gasteiger partial charge >= 0.3 is 5.97 Å². The molecule has 0 radical (unpaired) electrons. The van der Waals surface area contributed by atoms with Crippen molar-refractivity contribution in [2.75, 3.05) is 11.9 Å². The van der Waals surface area contributed by atoms with Gasteiger partial charge in [-0.05, 0) is 55.5 Å². The van der Waals surface area contributed by atoms with E-state index in [9.17, 15) is 15.2 Å². The van der Waals surface area contributed by atoms with Crippen molar-refractivity contribution in [3.8, 4) is 11.8 Å². The zero-order valence-corrected chi connectivity index (χ0v) is 23.8. The standard InChI is InChI=1S/C30H30ClN3O3.C2H6/c1-4-10-23(13-7-6-11-22-12-8-9-14-27(22)37-5-2)28-25(19-32)29(33-20(3)30(35)36)24-16-15-21(18-31)17-26(24)34-28;1-2/h4,6-10,12,14-17,20H,1,5,11,13,18H2,2-3H3,(H,33,34)(H,35,36);1-2H3/b7-6-,23-10+;. The van der Waals surface area contributed by atoms with Crippen LogP contribution in [-0.2, 0) is 17.1 Å². The van der Waals surface area contributed by atoms with Gasteiger partial charge in [0.15, 0.2) is 0 Å². The molecule has 6 nitrogen and oxygen atoms in total. The zero-order valence-electron chi connectivity index (χ0n) is 23.0. The molecule has 0 amide bonds. The number of fused-ring (bicyclic) bond motifs is 1. The first-order chi connectivity index (χ1) is 18.9. The number of allylic oxidation sites excluding steroid dienone is 5. The lowest BCUT2D eigenvalue weighted by atomic mass is 9.97. The number of rotatable bonds is 12. The molecule has 0 saturated carbocycles. The van der Waals surface area contributed by atoms with Gasteiger partial charge in [-0.25, -0.2) is 4.98 Å². The lowest BCUT2D eigenvalue weighted by Crippen LogP contribution is -2.26. The third-order valence-corrected chi connectivity index (χ3v) is 6.09. The van der Waals surface area contributed by atoms with Crippen molar-refractivity contribution in [3.05, 3.63) is 95.7 Å². The summed E-state index contributed by atoms with van der Waals surface area (Å²) in [5.74, 6) is 0.144. The van der Waals surface area contributed by atoms with E-state index in [0.717, 1.165) is 22.4 Å². The topological polar surface area (TPSA) is 95.2 Å². The number of anilines is 1. The van der Waals surface area contributed by atoms with Gasteiger partial charge in [0.25, 0.3) is 0 Å². The Bertz CT molecular complexity index is 1390. The molecule has 0 aliphatic rings. The maximum absolute atomic E-state index is 11.6. The average molecular weight is 546 g/mol. The molecule has 0 saturated heterocycles. The molecule has 1 atom stereocenters. The number of nitriles is 1. The van der Waals surface area contributed by atoms with Gasteiger partial charge in [0.05, 0.1) is 23.5 Å². The van der Waals surface area contributed by atoms with Crippen molar-refractivity contribution in [2.24, 2.45) is 0 Å². The van der Waals surface area contributed by atoms with Crippen molar-refractivity contribution in [2.45, 2.75) is 52.5 Å². The van der Waals surface area contributed by atoms with E-state index >= 15 is 0 Å². The molecule has 7 heteroatoms. The molecule has 0 aliphatic carbocycles. The molecule has 0 fully saturated rings. The summed E-state index contributed by atoms with van der Waals surface area (Å²) in [6.07, 6.45) is 8.74. The van der Waals surface area contributed by atoms with Crippen molar-refractivity contribution in [1.82, 2.24) is 4.98 Å². The van der Waals surface area contributed by atoms with E-state index in [1.165, 1.54) is 6.92 Å². The Balaban J connectivity index is 0.00000260. The Labute approximate surface area is 236 Å². The lowest BCUT2D eigenvalue weighted by molar-refractivity contribution is -0.137. The van der Waals surface area contributed by atoms with Crippen LogP contribution in [0.25, 0.3) is 16.5 Å². The summed E-state index contributed by atoms with van der Waals surface area (Å²) in [6, 6.07) is 14.8. The van der Waals surface area contributed by atoms with Crippen molar-refractivity contribution >= 4 is 39.7 Å². The molecule has 204 valence electrons. The van der Waals surface area contributed by atoms with E-state index < -0.39 is 12.0 Å². The number of nitrogens with zero attached hydrogens (tertiary/aromatic N) is 2. The summed E-state index contributed by atoms with van der Waals surface area (Å²) in [7, 11) is 0. The summed E-state index contributed by atoms with van der Waals surface area (Å²) >= 11 is 6.05. The van der Waals surface area contributed by atoms with Crippen LogP contribution in [0.5, 0.6) is 5.75 Å². The first-order valence-electron chi connectivity index (χ1n) is 13.0. The van der Waals surface area contributed by atoms with Crippen LogP contribution in [0.2, 0.25) is 0 Å². The highest BCUT2D eigenvalue weighted by atomic mass is 35.5. The fourth-order valence-corrected chi connectivity index (χ4v) is 4.10. The number of aliphatic carboxylic acids is 1. The second kappa shape index (κ2) is 16.0. The van der Waals surface area contributed by atoms with E-state index in [-0.39, 0.29) is 5.56 Å². The highest BCUT2D eigenvalue weighted by molar-refractivity contribution is 6.17. The first kappa shape index (κ1) is 31.1. The maximum atomic E-state index is 11.6. The number of aromatic nitrogens is 1. The molecule has 3 rings (SSSR count). The second-order valence-electron chi connectivity index (χ2n) is 8.36. The first-order valence-corrected chi connectivity index (χ1v) is 13.6. The summed E-state index contributed by atoms with van der Waals surface area (Å²) in [5.41, 5.74) is 4.55. The average Bonchev–Trinajstić information content (AvgIpc) is 2.96. The Kier molecular flexibility index (Phi) is 12.8. The number of para-hydroxylation sites is 1. The Morgan fingerprint density at radius 2 is 2.00 bits per heavy atom. The normalized spacial score (nSPS) is 11.8. The number of hydrogen-bond acceptors (Lipinski definition) is 5. The van der Waals surface area contributed by atoms with Gasteiger partial charge in [0.2, 0.25) is 0 Å². The van der Waals surface area contributed by atoms with Crippen molar-refractivity contribution in [1.29, 1.82) is 5.26 Å². The van der Waals surface area contributed by atoms with E-state index in [1.54, 1.807) is 6.08 Å². The number of nitrogens with one attached hydrogen (secondary N) is 1. The Morgan fingerprint density at radius 3 is 2.64 bits per heavy atom. The van der Waals surface area contributed by atoms with Gasteiger partial charge in [0, 0.05) is 11.3 Å². The number of carboxylic acids is 1. The molecule has 0 bridgehead atoms. The monoisotopic (exact) mass is 545 g/mol. The molecule has 39 heavy (non-hydrogen) atoms. The van der Waals surface area contributed by atoms with Crippen LogP contribution in [0.15, 0.2) is 73.3 Å². The lowest BCUT2D eigenvalue weighted by Gasteiger charge is -2.18. The molecule has 1 unspecified atom stereocenters. The summed E-state index contributed by atoms with van der Waals surface area (Å²) in [5, 5.41) is 23.3. The molecule has 1 aromatic heterocycles. The van der Waals surface area contributed by atoms with E-state index in [2.05, 4.69) is 24.0 Å². The quantitative estimate of drug-likeness (QED) is 0.136. The van der Waals surface area contributed by atoms with Gasteiger partial charge in [-0.15, -0.1) is 11.6 Å². The van der Waals surface area contributed by atoms with Crippen LogP contribution >= 0.6 is 11.6 Å². The minimum atomic E-state index is -1.02. The van der Waals surface area contributed by atoms with Gasteiger partial charge in [-0.1, -0.05) is 75.1 Å².